The summed E-state index contributed by atoms with van der Waals surface area (Å²) in [5.74, 6) is 0.428. The summed E-state index contributed by atoms with van der Waals surface area (Å²) >= 11 is 0. The lowest BCUT2D eigenvalue weighted by Gasteiger charge is -2.42. The van der Waals surface area contributed by atoms with Crippen molar-refractivity contribution in [2.24, 2.45) is 0 Å². The van der Waals surface area contributed by atoms with Crippen molar-refractivity contribution >= 4 is 0 Å². The summed E-state index contributed by atoms with van der Waals surface area (Å²) in [5.41, 5.74) is 11.1. The molecule has 0 aliphatic heterocycles. The molecular weight excluding hydrogens is 420 g/mol. The average molecular weight is 477 g/mol. The van der Waals surface area contributed by atoms with Gasteiger partial charge in [0.1, 0.15) is 0 Å². The molecule has 0 N–H and O–H groups in total. The van der Waals surface area contributed by atoms with Crippen molar-refractivity contribution in [2.45, 2.75) is 150 Å². The van der Waals surface area contributed by atoms with Crippen molar-refractivity contribution < 1.29 is 0 Å². The summed E-state index contributed by atoms with van der Waals surface area (Å²) in [5, 5.41) is 0. The summed E-state index contributed by atoms with van der Waals surface area (Å²) in [6, 6.07) is 11.9. The predicted molar refractivity (Wildman–Crippen MR) is 159 cm³/mol. The lowest BCUT2D eigenvalue weighted by molar-refractivity contribution is 0.483. The third kappa shape index (κ3) is 6.81. The molecule has 0 aromatic heterocycles. The average Bonchev–Trinajstić information content (AvgIpc) is 2.62. The fourth-order valence-corrected chi connectivity index (χ4v) is 5.62. The molecule has 0 radical (unpaired) electrons. The Morgan fingerprint density at radius 1 is 0.543 bits per heavy atom. The van der Waals surface area contributed by atoms with Gasteiger partial charge in [-0.25, -0.2) is 0 Å². The van der Waals surface area contributed by atoms with E-state index in [9.17, 15) is 0 Å². The van der Waals surface area contributed by atoms with Gasteiger partial charge in [0.25, 0.3) is 0 Å². The Bertz CT molecular complexity index is 978. The van der Waals surface area contributed by atoms with Gasteiger partial charge >= 0.3 is 0 Å². The van der Waals surface area contributed by atoms with Crippen LogP contribution in [0.2, 0.25) is 0 Å². The minimum Gasteiger partial charge on any atom is -0.0617 e. The summed E-state index contributed by atoms with van der Waals surface area (Å²) < 4.78 is 0. The van der Waals surface area contributed by atoms with Crippen molar-refractivity contribution in [1.82, 2.24) is 0 Å². The van der Waals surface area contributed by atoms with Gasteiger partial charge in [0.05, 0.1) is 0 Å². The molecule has 0 fully saturated rings. The predicted octanol–water partition coefficient (Wildman–Crippen LogP) is 10.5. The molecule has 0 heterocycles. The molecule has 1 atom stereocenters. The molecule has 2 aromatic rings. The molecule has 2 aromatic carbocycles. The Morgan fingerprint density at radius 3 is 1.31 bits per heavy atom. The van der Waals surface area contributed by atoms with Gasteiger partial charge in [0.15, 0.2) is 0 Å². The Hall–Kier alpha value is -1.56. The molecule has 35 heavy (non-hydrogen) atoms. The first-order chi connectivity index (χ1) is 15.5. The van der Waals surface area contributed by atoms with Crippen LogP contribution in [0, 0.1) is 0 Å². The van der Waals surface area contributed by atoms with Gasteiger partial charge in [0, 0.05) is 0 Å². The van der Waals surface area contributed by atoms with E-state index in [-0.39, 0.29) is 27.1 Å². The largest absolute Gasteiger partial charge is 0.0617 e. The maximum absolute atomic E-state index is 2.58. The zero-order valence-corrected chi connectivity index (χ0v) is 26.2. The zero-order valence-electron chi connectivity index (χ0n) is 26.2. The maximum atomic E-state index is 2.58. The second-order valence-corrected chi connectivity index (χ2v) is 16.2. The van der Waals surface area contributed by atoms with E-state index < -0.39 is 0 Å². The minimum absolute atomic E-state index is 0.0654. The summed E-state index contributed by atoms with van der Waals surface area (Å²) in [4.78, 5) is 0. The molecule has 0 saturated heterocycles. The van der Waals surface area contributed by atoms with Crippen molar-refractivity contribution in [3.05, 3.63) is 69.3 Å². The van der Waals surface area contributed by atoms with Gasteiger partial charge in [-0.1, -0.05) is 141 Å². The first-order valence-corrected chi connectivity index (χ1v) is 13.8. The number of hydrogen-bond acceptors (Lipinski definition) is 0. The lowest BCUT2D eigenvalue weighted by atomic mass is 9.63. The first kappa shape index (κ1) is 29.7. The van der Waals surface area contributed by atoms with E-state index >= 15 is 0 Å². The van der Waals surface area contributed by atoms with Crippen LogP contribution in [0.3, 0.4) is 0 Å². The first-order valence-electron chi connectivity index (χ1n) is 13.8. The van der Waals surface area contributed by atoms with Crippen molar-refractivity contribution in [2.75, 3.05) is 0 Å². The molecule has 0 saturated carbocycles. The van der Waals surface area contributed by atoms with Crippen LogP contribution in [0.1, 0.15) is 156 Å². The standard InChI is InChI=1S/C35H56/c1-23(20-24-18-17-19-25(21-24)31(2,3)4)28-29(34(11,12)13)26(32(5,6)7)22-27(33(8,9)10)30(28)35(14,15)16/h17-19,21-23H,20H2,1-16H3. The van der Waals surface area contributed by atoms with Crippen molar-refractivity contribution in [3.8, 4) is 0 Å². The summed E-state index contributed by atoms with van der Waals surface area (Å²) in [6.07, 6.45) is 1.06. The van der Waals surface area contributed by atoms with Crippen molar-refractivity contribution in [1.29, 1.82) is 0 Å². The number of hydrogen-bond donors (Lipinski definition) is 0. The molecule has 0 heteroatoms. The van der Waals surface area contributed by atoms with Crippen LogP contribution >= 0.6 is 0 Å². The highest BCUT2D eigenvalue weighted by Crippen LogP contribution is 2.48. The molecule has 0 amide bonds. The molecule has 0 aliphatic carbocycles. The highest BCUT2D eigenvalue weighted by molar-refractivity contribution is 5.57. The monoisotopic (exact) mass is 476 g/mol. The molecule has 1 unspecified atom stereocenters. The fourth-order valence-electron chi connectivity index (χ4n) is 5.62. The van der Waals surface area contributed by atoms with E-state index in [0.29, 0.717) is 5.92 Å². The molecular formula is C35H56. The summed E-state index contributed by atoms with van der Waals surface area (Å²) in [7, 11) is 0. The molecule has 0 aliphatic rings. The summed E-state index contributed by atoms with van der Waals surface area (Å²) in [6.45, 7) is 38.2. The van der Waals surface area contributed by atoms with Gasteiger partial charge in [-0.2, -0.15) is 0 Å². The Labute approximate surface area is 219 Å². The maximum Gasteiger partial charge on any atom is -0.0126 e. The van der Waals surface area contributed by atoms with Gasteiger partial charge in [-0.3, -0.25) is 0 Å². The van der Waals surface area contributed by atoms with Crippen LogP contribution in [0.5, 0.6) is 0 Å². The van der Waals surface area contributed by atoms with Crippen LogP contribution in [-0.2, 0) is 33.5 Å². The number of benzene rings is 2. The zero-order chi connectivity index (χ0) is 27.4. The smallest absolute Gasteiger partial charge is 0.0126 e. The second kappa shape index (κ2) is 9.39. The fraction of sp³-hybridized carbons (Fsp3) is 0.657. The van der Waals surface area contributed by atoms with E-state index in [1.54, 1.807) is 16.7 Å². The quantitative estimate of drug-likeness (QED) is 0.413. The third-order valence-corrected chi connectivity index (χ3v) is 7.31. The Balaban J connectivity index is 2.98. The van der Waals surface area contributed by atoms with Gasteiger partial charge < -0.3 is 0 Å². The van der Waals surface area contributed by atoms with E-state index in [1.807, 2.05) is 0 Å². The lowest BCUT2D eigenvalue weighted by Crippen LogP contribution is -2.32. The van der Waals surface area contributed by atoms with Crippen LogP contribution in [0.25, 0.3) is 0 Å². The van der Waals surface area contributed by atoms with Crippen LogP contribution in [0.15, 0.2) is 30.3 Å². The van der Waals surface area contributed by atoms with Crippen LogP contribution < -0.4 is 0 Å². The molecule has 0 nitrogen and oxygen atoms in total. The topological polar surface area (TPSA) is 0 Å². The molecule has 2 rings (SSSR count). The van der Waals surface area contributed by atoms with Crippen LogP contribution in [-0.4, -0.2) is 0 Å². The molecule has 0 bridgehead atoms. The van der Waals surface area contributed by atoms with Crippen molar-refractivity contribution in [3.63, 3.8) is 0 Å². The molecule has 196 valence electrons. The van der Waals surface area contributed by atoms with E-state index in [2.05, 4.69) is 141 Å². The van der Waals surface area contributed by atoms with E-state index in [0.717, 1.165) is 6.42 Å². The highest BCUT2D eigenvalue weighted by atomic mass is 14.4. The van der Waals surface area contributed by atoms with Crippen LogP contribution in [0.4, 0.5) is 0 Å². The highest BCUT2D eigenvalue weighted by Gasteiger charge is 2.37. The minimum atomic E-state index is 0.0654. The van der Waals surface area contributed by atoms with Gasteiger partial charge in [-0.05, 0) is 78.4 Å². The van der Waals surface area contributed by atoms with Gasteiger partial charge in [-0.15, -0.1) is 0 Å². The molecule has 0 spiro atoms. The SMILES string of the molecule is CC(Cc1cccc(C(C)(C)C)c1)c1c(C(C)(C)C)c(C(C)(C)C)cc(C(C)(C)C)c1C(C)(C)C. The van der Waals surface area contributed by atoms with E-state index in [4.69, 9.17) is 0 Å². The normalized spacial score (nSPS) is 14.9. The third-order valence-electron chi connectivity index (χ3n) is 7.31. The Morgan fingerprint density at radius 2 is 0.971 bits per heavy atom. The second-order valence-electron chi connectivity index (χ2n) is 16.2. The number of rotatable bonds is 3. The van der Waals surface area contributed by atoms with E-state index in [1.165, 1.54) is 22.3 Å². The van der Waals surface area contributed by atoms with Gasteiger partial charge in [0.2, 0.25) is 0 Å². The Kier molecular flexibility index (Phi) is 7.96.